The van der Waals surface area contributed by atoms with Crippen LogP contribution in [0.1, 0.15) is 25.8 Å². The number of likely N-dealkylation sites (N-methyl/N-ethyl adjacent to an activating group) is 2. The third kappa shape index (κ3) is 3.77. The van der Waals surface area contributed by atoms with E-state index in [1.54, 1.807) is 0 Å². The van der Waals surface area contributed by atoms with Gasteiger partial charge in [-0.1, -0.05) is 13.0 Å². The number of rotatable bonds is 6. The van der Waals surface area contributed by atoms with Gasteiger partial charge in [0.1, 0.15) is 5.82 Å². The van der Waals surface area contributed by atoms with Gasteiger partial charge in [-0.05, 0) is 74.5 Å². The Morgan fingerprint density at radius 3 is 2.47 bits per heavy atom. The van der Waals surface area contributed by atoms with Gasteiger partial charge in [-0.2, -0.15) is 0 Å². The lowest BCUT2D eigenvalue weighted by Crippen LogP contribution is -2.56. The van der Waals surface area contributed by atoms with Crippen LogP contribution in [0.3, 0.4) is 0 Å². The fourth-order valence-corrected chi connectivity index (χ4v) is 2.84. The van der Waals surface area contributed by atoms with E-state index in [0.29, 0.717) is 10.5 Å². The molecule has 1 N–H and O–H groups in total. The summed E-state index contributed by atoms with van der Waals surface area (Å²) in [7, 11) is 6.20. The Morgan fingerprint density at radius 1 is 1.42 bits per heavy atom. The summed E-state index contributed by atoms with van der Waals surface area (Å²) >= 11 is 3.25. The van der Waals surface area contributed by atoms with Gasteiger partial charge in [0.15, 0.2) is 0 Å². The summed E-state index contributed by atoms with van der Waals surface area (Å²) in [6, 6.07) is 5.55. The maximum absolute atomic E-state index is 13.3. The minimum atomic E-state index is -0.212. The maximum Gasteiger partial charge on any atom is 0.137 e. The Bertz CT molecular complexity index is 423. The SMILES string of the molecule is CCC(C)(C(Cc1ccc(F)c(Br)c1)NC)N(C)C. The molecule has 2 nitrogen and oxygen atoms in total. The first-order valence-electron chi connectivity index (χ1n) is 6.63. The Balaban J connectivity index is 2.95. The molecule has 0 saturated carbocycles. The highest BCUT2D eigenvalue weighted by molar-refractivity contribution is 9.10. The molecule has 2 atom stereocenters. The van der Waals surface area contributed by atoms with E-state index >= 15 is 0 Å². The molecule has 1 rings (SSSR count). The van der Waals surface area contributed by atoms with Crippen molar-refractivity contribution in [1.82, 2.24) is 10.2 Å². The molecule has 0 aromatic heterocycles. The highest BCUT2D eigenvalue weighted by Crippen LogP contribution is 2.25. The molecule has 0 spiro atoms. The van der Waals surface area contributed by atoms with Gasteiger partial charge in [0.2, 0.25) is 0 Å². The first kappa shape index (κ1) is 16.6. The summed E-state index contributed by atoms with van der Waals surface area (Å²) in [5, 5.41) is 3.41. The van der Waals surface area contributed by atoms with Gasteiger partial charge in [-0.25, -0.2) is 4.39 Å². The average Bonchev–Trinajstić information content (AvgIpc) is 2.38. The van der Waals surface area contributed by atoms with Crippen LogP contribution >= 0.6 is 15.9 Å². The number of benzene rings is 1. The number of hydrogen-bond acceptors (Lipinski definition) is 2. The molecule has 1 aromatic rings. The summed E-state index contributed by atoms with van der Waals surface area (Å²) < 4.78 is 13.8. The van der Waals surface area contributed by atoms with E-state index in [-0.39, 0.29) is 11.4 Å². The molecule has 0 aliphatic rings. The summed E-state index contributed by atoms with van der Waals surface area (Å²) in [6.07, 6.45) is 1.92. The van der Waals surface area contributed by atoms with Crippen molar-refractivity contribution in [1.29, 1.82) is 0 Å². The van der Waals surface area contributed by atoms with Crippen molar-refractivity contribution >= 4 is 15.9 Å². The highest BCUT2D eigenvalue weighted by Gasteiger charge is 2.33. The summed E-state index contributed by atoms with van der Waals surface area (Å²) in [4.78, 5) is 2.26. The number of hydrogen-bond donors (Lipinski definition) is 1. The van der Waals surface area contributed by atoms with Gasteiger partial charge in [0.05, 0.1) is 4.47 Å². The molecule has 0 saturated heterocycles. The first-order chi connectivity index (χ1) is 8.85. The van der Waals surface area contributed by atoms with Crippen LogP contribution in [0.2, 0.25) is 0 Å². The van der Waals surface area contributed by atoms with E-state index in [1.807, 2.05) is 19.2 Å². The van der Waals surface area contributed by atoms with Crippen LogP contribution in [0.5, 0.6) is 0 Å². The fourth-order valence-electron chi connectivity index (χ4n) is 2.41. The molecule has 4 heteroatoms. The Morgan fingerprint density at radius 2 is 2.05 bits per heavy atom. The monoisotopic (exact) mass is 330 g/mol. The quantitative estimate of drug-likeness (QED) is 0.859. The van der Waals surface area contributed by atoms with Crippen LogP contribution in [0.15, 0.2) is 22.7 Å². The predicted molar refractivity (Wildman–Crippen MR) is 83.0 cm³/mol. The number of halogens is 2. The molecule has 0 amide bonds. The topological polar surface area (TPSA) is 15.3 Å². The van der Waals surface area contributed by atoms with Gasteiger partial charge >= 0.3 is 0 Å². The van der Waals surface area contributed by atoms with Gasteiger partial charge in [0, 0.05) is 11.6 Å². The molecule has 0 fully saturated rings. The van der Waals surface area contributed by atoms with E-state index in [2.05, 4.69) is 54.1 Å². The second-order valence-corrected chi connectivity index (χ2v) is 6.25. The molecule has 1 aromatic carbocycles. The van der Waals surface area contributed by atoms with Crippen molar-refractivity contribution in [3.63, 3.8) is 0 Å². The second-order valence-electron chi connectivity index (χ2n) is 5.40. The van der Waals surface area contributed by atoms with Gasteiger partial charge in [-0.3, -0.25) is 0 Å². The van der Waals surface area contributed by atoms with E-state index in [0.717, 1.165) is 18.4 Å². The van der Waals surface area contributed by atoms with E-state index in [1.165, 1.54) is 6.07 Å². The summed E-state index contributed by atoms with van der Waals surface area (Å²) in [6.45, 7) is 4.46. The van der Waals surface area contributed by atoms with Crippen molar-refractivity contribution in [2.24, 2.45) is 0 Å². The zero-order valence-electron chi connectivity index (χ0n) is 12.4. The van der Waals surface area contributed by atoms with Crippen LogP contribution in [-0.4, -0.2) is 37.6 Å². The summed E-state index contributed by atoms with van der Waals surface area (Å²) in [5.41, 5.74) is 1.20. The second kappa shape index (κ2) is 6.82. The lowest BCUT2D eigenvalue weighted by Gasteiger charge is -2.42. The van der Waals surface area contributed by atoms with Crippen LogP contribution in [-0.2, 0) is 6.42 Å². The Kier molecular flexibility index (Phi) is 5.96. The van der Waals surface area contributed by atoms with Gasteiger partial charge in [0.25, 0.3) is 0 Å². The van der Waals surface area contributed by atoms with Crippen LogP contribution in [0, 0.1) is 5.82 Å². The highest BCUT2D eigenvalue weighted by atomic mass is 79.9. The molecule has 0 heterocycles. The Hall–Kier alpha value is -0.450. The first-order valence-corrected chi connectivity index (χ1v) is 7.43. The van der Waals surface area contributed by atoms with Crippen molar-refractivity contribution in [3.8, 4) is 0 Å². The van der Waals surface area contributed by atoms with E-state index in [9.17, 15) is 4.39 Å². The minimum Gasteiger partial charge on any atom is -0.315 e. The zero-order chi connectivity index (χ0) is 14.6. The zero-order valence-corrected chi connectivity index (χ0v) is 14.0. The third-order valence-electron chi connectivity index (χ3n) is 4.26. The van der Waals surface area contributed by atoms with Crippen molar-refractivity contribution < 1.29 is 4.39 Å². The predicted octanol–water partition coefficient (Wildman–Crippen LogP) is 3.45. The van der Waals surface area contributed by atoms with Gasteiger partial charge < -0.3 is 10.2 Å². The molecule has 0 aliphatic carbocycles. The molecule has 0 aliphatic heterocycles. The number of nitrogens with one attached hydrogen (secondary N) is 1. The molecule has 19 heavy (non-hydrogen) atoms. The average molecular weight is 331 g/mol. The molecule has 108 valence electrons. The maximum atomic E-state index is 13.3. The molecule has 0 bridgehead atoms. The normalized spacial score (nSPS) is 16.4. The number of nitrogens with zero attached hydrogens (tertiary/aromatic N) is 1. The molecular weight excluding hydrogens is 307 g/mol. The molecular formula is C15H24BrFN2. The molecule has 2 unspecified atom stereocenters. The van der Waals surface area contributed by atoms with Gasteiger partial charge in [-0.15, -0.1) is 0 Å². The largest absolute Gasteiger partial charge is 0.315 e. The van der Waals surface area contributed by atoms with E-state index < -0.39 is 0 Å². The fraction of sp³-hybridized carbons (Fsp3) is 0.600. The third-order valence-corrected chi connectivity index (χ3v) is 4.87. The lowest BCUT2D eigenvalue weighted by molar-refractivity contribution is 0.116. The van der Waals surface area contributed by atoms with Crippen LogP contribution < -0.4 is 5.32 Å². The van der Waals surface area contributed by atoms with Crippen molar-refractivity contribution in [2.45, 2.75) is 38.3 Å². The Labute approximate surface area is 124 Å². The minimum absolute atomic E-state index is 0.0651. The van der Waals surface area contributed by atoms with Crippen molar-refractivity contribution in [3.05, 3.63) is 34.1 Å². The van der Waals surface area contributed by atoms with E-state index in [4.69, 9.17) is 0 Å². The van der Waals surface area contributed by atoms with Crippen LogP contribution in [0.4, 0.5) is 4.39 Å². The smallest absolute Gasteiger partial charge is 0.137 e. The van der Waals surface area contributed by atoms with Crippen molar-refractivity contribution in [2.75, 3.05) is 21.1 Å². The summed E-state index contributed by atoms with van der Waals surface area (Å²) in [5.74, 6) is -0.212. The standard InChI is InChI=1S/C15H24BrFN2/c1-6-15(2,19(4)5)14(18-3)10-11-7-8-13(17)12(16)9-11/h7-9,14,18H,6,10H2,1-5H3. The molecule has 0 radical (unpaired) electrons. The lowest BCUT2D eigenvalue weighted by atomic mass is 9.84. The van der Waals surface area contributed by atoms with Crippen LogP contribution in [0.25, 0.3) is 0 Å².